The van der Waals surface area contributed by atoms with Crippen LogP contribution in [-0.4, -0.2) is 35.2 Å². The van der Waals surface area contributed by atoms with Crippen molar-refractivity contribution in [1.29, 1.82) is 0 Å². The van der Waals surface area contributed by atoms with Crippen LogP contribution >= 0.6 is 11.6 Å². The van der Waals surface area contributed by atoms with Gasteiger partial charge in [0.25, 0.3) is 0 Å². The molecule has 0 unspecified atom stereocenters. The molecule has 5 nitrogen and oxygen atoms in total. The molecule has 0 spiro atoms. The number of rotatable bonds is 4. The van der Waals surface area contributed by atoms with Gasteiger partial charge in [0, 0.05) is 6.26 Å². The summed E-state index contributed by atoms with van der Waals surface area (Å²) in [7, 11) is -2.96. The van der Waals surface area contributed by atoms with Crippen LogP contribution in [0.2, 0.25) is 0 Å². The summed E-state index contributed by atoms with van der Waals surface area (Å²) in [5, 5.41) is 3.85. The van der Waals surface area contributed by atoms with Gasteiger partial charge in [0.15, 0.2) is 0 Å². The second-order valence-corrected chi connectivity index (χ2v) is 5.19. The molecule has 0 atom stereocenters. The Balaban J connectivity index is 2.64. The largest absolute Gasteiger partial charge is 0.248 e. The maximum absolute atomic E-state index is 10.8. The van der Waals surface area contributed by atoms with E-state index in [-0.39, 0.29) is 11.6 Å². The molecule has 0 aromatic carbocycles. The Labute approximate surface area is 81.6 Å². The minimum absolute atomic E-state index is 0.0558. The molecular formula is C6H10ClN3O2S. The first kappa shape index (κ1) is 10.5. The van der Waals surface area contributed by atoms with Crippen LogP contribution < -0.4 is 0 Å². The smallest absolute Gasteiger partial charge is 0.149 e. The van der Waals surface area contributed by atoms with E-state index >= 15 is 0 Å². The molecule has 0 radical (unpaired) electrons. The molecule has 0 bridgehead atoms. The van der Waals surface area contributed by atoms with Crippen LogP contribution in [0.4, 0.5) is 0 Å². The van der Waals surface area contributed by atoms with E-state index in [1.807, 2.05) is 0 Å². The highest BCUT2D eigenvalue weighted by Gasteiger charge is 2.06. The Morgan fingerprint density at radius 1 is 1.62 bits per heavy atom. The number of hydrogen-bond donors (Lipinski definition) is 0. The summed E-state index contributed by atoms with van der Waals surface area (Å²) in [5.74, 6) is 0.884. The van der Waals surface area contributed by atoms with Gasteiger partial charge in [-0.3, -0.25) is 0 Å². The Morgan fingerprint density at radius 2 is 2.31 bits per heavy atom. The lowest BCUT2D eigenvalue weighted by Crippen LogP contribution is -2.14. The number of halogens is 1. The fourth-order valence-electron chi connectivity index (χ4n) is 0.831. The summed E-state index contributed by atoms with van der Waals surface area (Å²) < 4.78 is 23.2. The number of alkyl halides is 1. The van der Waals surface area contributed by atoms with Gasteiger partial charge in [-0.2, -0.15) is 5.10 Å². The van der Waals surface area contributed by atoms with E-state index in [0.29, 0.717) is 12.4 Å². The molecule has 0 aliphatic heterocycles. The Hall–Kier alpha value is -0.620. The van der Waals surface area contributed by atoms with Crippen LogP contribution in [0.3, 0.4) is 0 Å². The SMILES string of the molecule is CS(=O)(=O)CCn1ncnc1CCl. The maximum Gasteiger partial charge on any atom is 0.149 e. The number of aromatic nitrogens is 3. The van der Waals surface area contributed by atoms with Gasteiger partial charge in [0.2, 0.25) is 0 Å². The number of sulfone groups is 1. The topological polar surface area (TPSA) is 64.8 Å². The lowest BCUT2D eigenvalue weighted by atomic mass is 10.6. The third-order valence-corrected chi connectivity index (χ3v) is 2.65. The molecule has 1 rings (SSSR count). The zero-order valence-electron chi connectivity index (χ0n) is 7.14. The normalized spacial score (nSPS) is 11.8. The zero-order valence-corrected chi connectivity index (χ0v) is 8.72. The summed E-state index contributed by atoms with van der Waals surface area (Å²) in [5.41, 5.74) is 0. The molecular weight excluding hydrogens is 214 g/mol. The van der Waals surface area contributed by atoms with E-state index in [9.17, 15) is 8.42 Å². The van der Waals surface area contributed by atoms with Crippen LogP contribution in [0.1, 0.15) is 5.82 Å². The van der Waals surface area contributed by atoms with Crippen LogP contribution in [0, 0.1) is 0 Å². The average molecular weight is 224 g/mol. The second-order valence-electron chi connectivity index (χ2n) is 2.66. The summed E-state index contributed by atoms with van der Waals surface area (Å²) >= 11 is 5.55. The molecule has 0 saturated carbocycles. The van der Waals surface area contributed by atoms with Gasteiger partial charge in [-0.05, 0) is 0 Å². The summed E-state index contributed by atoms with van der Waals surface area (Å²) in [6, 6.07) is 0. The van der Waals surface area contributed by atoms with Gasteiger partial charge in [0.1, 0.15) is 22.0 Å². The summed E-state index contributed by atoms with van der Waals surface area (Å²) in [4.78, 5) is 3.86. The number of nitrogens with zero attached hydrogens (tertiary/aromatic N) is 3. The molecule has 0 aliphatic carbocycles. The Kier molecular flexibility index (Phi) is 3.27. The molecule has 7 heteroatoms. The Morgan fingerprint density at radius 3 is 2.85 bits per heavy atom. The van der Waals surface area contributed by atoms with Gasteiger partial charge in [0.05, 0.1) is 18.2 Å². The zero-order chi connectivity index (χ0) is 9.90. The van der Waals surface area contributed by atoms with Crippen molar-refractivity contribution in [3.05, 3.63) is 12.2 Å². The minimum atomic E-state index is -2.96. The molecule has 0 saturated heterocycles. The molecule has 74 valence electrons. The predicted octanol–water partition coefficient (Wildman–Crippen LogP) is 0.0615. The molecule has 1 aromatic heterocycles. The van der Waals surface area contributed by atoms with Crippen molar-refractivity contribution in [1.82, 2.24) is 14.8 Å². The number of hydrogen-bond acceptors (Lipinski definition) is 4. The van der Waals surface area contributed by atoms with E-state index in [2.05, 4.69) is 10.1 Å². The fourth-order valence-corrected chi connectivity index (χ4v) is 1.54. The summed E-state index contributed by atoms with van der Waals surface area (Å²) in [6.07, 6.45) is 2.55. The summed E-state index contributed by atoms with van der Waals surface area (Å²) in [6.45, 7) is 0.306. The first-order valence-corrected chi connectivity index (χ1v) is 6.23. The van der Waals surface area contributed by atoms with E-state index in [0.717, 1.165) is 0 Å². The van der Waals surface area contributed by atoms with Crippen molar-refractivity contribution in [3.63, 3.8) is 0 Å². The number of aryl methyl sites for hydroxylation is 1. The van der Waals surface area contributed by atoms with Crippen molar-refractivity contribution < 1.29 is 8.42 Å². The van der Waals surface area contributed by atoms with E-state index in [1.54, 1.807) is 0 Å². The first-order chi connectivity index (χ1) is 6.03. The van der Waals surface area contributed by atoms with Gasteiger partial charge in [-0.25, -0.2) is 18.1 Å². The molecule has 1 heterocycles. The molecule has 0 amide bonds. The molecule has 1 aromatic rings. The lowest BCUT2D eigenvalue weighted by Gasteiger charge is -2.01. The molecule has 0 fully saturated rings. The monoisotopic (exact) mass is 223 g/mol. The van der Waals surface area contributed by atoms with E-state index in [1.165, 1.54) is 17.3 Å². The second kappa shape index (κ2) is 4.06. The van der Waals surface area contributed by atoms with Crippen LogP contribution in [-0.2, 0) is 22.3 Å². The van der Waals surface area contributed by atoms with Crippen molar-refractivity contribution in [3.8, 4) is 0 Å². The minimum Gasteiger partial charge on any atom is -0.248 e. The first-order valence-electron chi connectivity index (χ1n) is 3.63. The fraction of sp³-hybridized carbons (Fsp3) is 0.667. The standard InChI is InChI=1S/C6H10ClN3O2S/c1-13(11,12)3-2-10-6(4-7)8-5-9-10/h5H,2-4H2,1H3. The predicted molar refractivity (Wildman–Crippen MR) is 49.3 cm³/mol. The average Bonchev–Trinajstić information content (AvgIpc) is 2.46. The lowest BCUT2D eigenvalue weighted by molar-refractivity contribution is 0.580. The highest BCUT2D eigenvalue weighted by molar-refractivity contribution is 7.90. The van der Waals surface area contributed by atoms with Crippen LogP contribution in [0.15, 0.2) is 6.33 Å². The third kappa shape index (κ3) is 3.31. The van der Waals surface area contributed by atoms with Crippen molar-refractivity contribution in [2.24, 2.45) is 0 Å². The molecule has 0 N–H and O–H groups in total. The van der Waals surface area contributed by atoms with Crippen molar-refractivity contribution >= 4 is 21.4 Å². The van der Waals surface area contributed by atoms with Gasteiger partial charge in [-0.15, -0.1) is 11.6 Å². The van der Waals surface area contributed by atoms with Crippen LogP contribution in [0.25, 0.3) is 0 Å². The van der Waals surface area contributed by atoms with Crippen LogP contribution in [0.5, 0.6) is 0 Å². The quantitative estimate of drug-likeness (QED) is 0.678. The van der Waals surface area contributed by atoms with Gasteiger partial charge in [-0.1, -0.05) is 0 Å². The van der Waals surface area contributed by atoms with Crippen molar-refractivity contribution in [2.75, 3.05) is 12.0 Å². The third-order valence-electron chi connectivity index (χ3n) is 1.49. The van der Waals surface area contributed by atoms with Gasteiger partial charge >= 0.3 is 0 Å². The van der Waals surface area contributed by atoms with Crippen molar-refractivity contribution in [2.45, 2.75) is 12.4 Å². The van der Waals surface area contributed by atoms with Gasteiger partial charge < -0.3 is 0 Å². The molecule has 13 heavy (non-hydrogen) atoms. The molecule has 0 aliphatic rings. The highest BCUT2D eigenvalue weighted by atomic mass is 35.5. The Bertz CT molecular complexity index is 373. The van der Waals surface area contributed by atoms with E-state index in [4.69, 9.17) is 11.6 Å². The highest BCUT2D eigenvalue weighted by Crippen LogP contribution is 1.99. The maximum atomic E-state index is 10.8. The van der Waals surface area contributed by atoms with E-state index < -0.39 is 9.84 Å².